The predicted octanol–water partition coefficient (Wildman–Crippen LogP) is 3.17. The van der Waals surface area contributed by atoms with Crippen LogP contribution in [0.25, 0.3) is 0 Å². The van der Waals surface area contributed by atoms with Crippen LogP contribution in [0.15, 0.2) is 48.8 Å². The van der Waals surface area contributed by atoms with E-state index in [-0.39, 0.29) is 0 Å². The Morgan fingerprint density at radius 3 is 2.50 bits per heavy atom. The first kappa shape index (κ1) is 12.2. The van der Waals surface area contributed by atoms with Gasteiger partial charge in [0.25, 0.3) is 0 Å². The zero-order chi connectivity index (χ0) is 12.1. The van der Waals surface area contributed by atoms with Crippen LogP contribution in [0.4, 0.5) is 0 Å². The lowest BCUT2D eigenvalue weighted by Crippen LogP contribution is -2.06. The largest absolute Gasteiger partial charge is 0.428 e. The molecule has 0 fully saturated rings. The van der Waals surface area contributed by atoms with E-state index in [0.29, 0.717) is 17.8 Å². The van der Waals surface area contributed by atoms with Gasteiger partial charge in [-0.2, -0.15) is 0 Å². The Morgan fingerprint density at radius 2 is 1.94 bits per heavy atom. The summed E-state index contributed by atoms with van der Waals surface area (Å²) in [4.78, 5) is 11.2. The minimum absolute atomic E-state index is 0.380. The molecule has 0 atom stereocenters. The van der Waals surface area contributed by atoms with Crippen LogP contribution in [0.3, 0.4) is 0 Å². The first-order chi connectivity index (χ1) is 7.50. The lowest BCUT2D eigenvalue weighted by atomic mass is 10.1. The van der Waals surface area contributed by atoms with E-state index >= 15 is 0 Å². The zero-order valence-corrected chi connectivity index (χ0v) is 9.75. The van der Waals surface area contributed by atoms with Gasteiger partial charge in [-0.1, -0.05) is 37.4 Å². The summed E-state index contributed by atoms with van der Waals surface area (Å²) in [5.74, 6) is 0.0286. The van der Waals surface area contributed by atoms with E-state index in [1.54, 1.807) is 6.92 Å². The van der Waals surface area contributed by atoms with Crippen LogP contribution < -0.4 is 0 Å². The molecule has 0 amide bonds. The van der Waals surface area contributed by atoms with Crippen molar-refractivity contribution in [2.75, 3.05) is 0 Å². The Balaban J connectivity index is 2.62. The fourth-order valence-electron chi connectivity index (χ4n) is 1.28. The number of hydrogen-bond acceptors (Lipinski definition) is 2. The van der Waals surface area contributed by atoms with Crippen molar-refractivity contribution in [1.29, 1.82) is 0 Å². The molecule has 1 aromatic carbocycles. The van der Waals surface area contributed by atoms with E-state index in [2.05, 4.69) is 13.2 Å². The van der Waals surface area contributed by atoms with Crippen molar-refractivity contribution in [3.8, 4) is 0 Å². The minimum atomic E-state index is -0.418. The standard InChI is InChI=1S/C14H16O2/c1-10(2)14(15)16-12(4)9-13-8-6-5-7-11(13)3/h5-8H,1,4,9H2,2-3H3. The minimum Gasteiger partial charge on any atom is -0.428 e. The van der Waals surface area contributed by atoms with Gasteiger partial charge in [0.15, 0.2) is 0 Å². The molecule has 0 aromatic heterocycles. The van der Waals surface area contributed by atoms with Crippen molar-refractivity contribution in [2.45, 2.75) is 20.3 Å². The molecule has 84 valence electrons. The normalized spacial score (nSPS) is 9.62. The van der Waals surface area contributed by atoms with Crippen LogP contribution in [0.1, 0.15) is 18.1 Å². The zero-order valence-electron chi connectivity index (χ0n) is 9.75. The monoisotopic (exact) mass is 216 g/mol. The van der Waals surface area contributed by atoms with E-state index in [1.165, 1.54) is 0 Å². The molecule has 16 heavy (non-hydrogen) atoms. The molecule has 0 unspecified atom stereocenters. The fourth-order valence-corrected chi connectivity index (χ4v) is 1.28. The van der Waals surface area contributed by atoms with Gasteiger partial charge in [-0.25, -0.2) is 4.79 Å². The molecule has 0 radical (unpaired) electrons. The second-order valence-corrected chi connectivity index (χ2v) is 3.81. The lowest BCUT2D eigenvalue weighted by molar-refractivity contribution is -0.135. The molecule has 0 saturated carbocycles. The molecule has 1 rings (SSSR count). The number of esters is 1. The van der Waals surface area contributed by atoms with Crippen molar-refractivity contribution in [3.63, 3.8) is 0 Å². The van der Waals surface area contributed by atoms with Gasteiger partial charge in [-0.05, 0) is 25.0 Å². The van der Waals surface area contributed by atoms with Gasteiger partial charge in [-0.15, -0.1) is 0 Å². The molecule has 0 saturated heterocycles. The van der Waals surface area contributed by atoms with Gasteiger partial charge >= 0.3 is 5.97 Å². The molecular formula is C14H16O2. The number of allylic oxidation sites excluding steroid dienone is 1. The summed E-state index contributed by atoms with van der Waals surface area (Å²) >= 11 is 0. The summed E-state index contributed by atoms with van der Waals surface area (Å²) in [5.41, 5.74) is 2.66. The van der Waals surface area contributed by atoms with Gasteiger partial charge in [-0.3, -0.25) is 0 Å². The van der Waals surface area contributed by atoms with Gasteiger partial charge in [0.1, 0.15) is 5.76 Å². The van der Waals surface area contributed by atoms with Crippen molar-refractivity contribution in [1.82, 2.24) is 0 Å². The second-order valence-electron chi connectivity index (χ2n) is 3.81. The van der Waals surface area contributed by atoms with E-state index in [4.69, 9.17) is 4.74 Å². The first-order valence-corrected chi connectivity index (χ1v) is 5.10. The molecule has 0 aliphatic rings. The maximum atomic E-state index is 11.2. The SMILES string of the molecule is C=C(Cc1ccccc1C)OC(=O)C(=C)C. The van der Waals surface area contributed by atoms with Gasteiger partial charge in [0.05, 0.1) is 0 Å². The Hall–Kier alpha value is -1.83. The van der Waals surface area contributed by atoms with Crippen LogP contribution in [0.2, 0.25) is 0 Å². The average Bonchev–Trinajstić information content (AvgIpc) is 2.21. The summed E-state index contributed by atoms with van der Waals surface area (Å²) in [6.45, 7) is 10.9. The van der Waals surface area contributed by atoms with E-state index in [9.17, 15) is 4.79 Å². The highest BCUT2D eigenvalue weighted by Crippen LogP contribution is 2.13. The number of aryl methyl sites for hydroxylation is 1. The third kappa shape index (κ3) is 3.39. The third-order valence-electron chi connectivity index (χ3n) is 2.23. The highest BCUT2D eigenvalue weighted by molar-refractivity contribution is 5.87. The van der Waals surface area contributed by atoms with Crippen LogP contribution in [0.5, 0.6) is 0 Å². The molecule has 0 N–H and O–H groups in total. The summed E-state index contributed by atoms with van der Waals surface area (Å²) in [5, 5.41) is 0. The quantitative estimate of drug-likeness (QED) is 0.439. The molecular weight excluding hydrogens is 200 g/mol. The maximum absolute atomic E-state index is 11.2. The van der Waals surface area contributed by atoms with Crippen LogP contribution in [0, 0.1) is 6.92 Å². The summed E-state index contributed by atoms with van der Waals surface area (Å²) < 4.78 is 5.04. The van der Waals surface area contributed by atoms with Crippen LogP contribution >= 0.6 is 0 Å². The molecule has 1 aromatic rings. The Labute approximate surface area is 96.2 Å². The Morgan fingerprint density at radius 1 is 1.31 bits per heavy atom. The van der Waals surface area contributed by atoms with E-state index < -0.39 is 5.97 Å². The van der Waals surface area contributed by atoms with Crippen LogP contribution in [-0.2, 0) is 16.0 Å². The number of carbonyl (C=O) groups excluding carboxylic acids is 1. The summed E-state index contributed by atoms with van der Waals surface area (Å²) in [7, 11) is 0. The molecule has 0 aliphatic heterocycles. The molecule has 2 heteroatoms. The number of hydrogen-bond donors (Lipinski definition) is 0. The van der Waals surface area contributed by atoms with Crippen molar-refractivity contribution >= 4 is 5.97 Å². The smallest absolute Gasteiger partial charge is 0.338 e. The fraction of sp³-hybridized carbons (Fsp3) is 0.214. The number of benzene rings is 1. The van der Waals surface area contributed by atoms with E-state index in [0.717, 1.165) is 11.1 Å². The van der Waals surface area contributed by atoms with Crippen LogP contribution in [-0.4, -0.2) is 5.97 Å². The summed E-state index contributed by atoms with van der Waals surface area (Å²) in [6, 6.07) is 7.94. The van der Waals surface area contributed by atoms with Gasteiger partial charge in [0.2, 0.25) is 0 Å². The van der Waals surface area contributed by atoms with Gasteiger partial charge in [0, 0.05) is 12.0 Å². The Bertz CT molecular complexity index is 430. The van der Waals surface area contributed by atoms with Crippen molar-refractivity contribution in [3.05, 3.63) is 59.9 Å². The van der Waals surface area contributed by atoms with Crippen molar-refractivity contribution in [2.24, 2.45) is 0 Å². The molecule has 0 spiro atoms. The van der Waals surface area contributed by atoms with Gasteiger partial charge < -0.3 is 4.74 Å². The summed E-state index contributed by atoms with van der Waals surface area (Å²) in [6.07, 6.45) is 0.547. The highest BCUT2D eigenvalue weighted by Gasteiger charge is 2.07. The average molecular weight is 216 g/mol. The third-order valence-corrected chi connectivity index (χ3v) is 2.23. The Kier molecular flexibility index (Phi) is 4.06. The topological polar surface area (TPSA) is 26.3 Å². The maximum Gasteiger partial charge on any atom is 0.338 e. The number of carbonyl (C=O) groups is 1. The van der Waals surface area contributed by atoms with E-state index in [1.807, 2.05) is 31.2 Å². The first-order valence-electron chi connectivity index (χ1n) is 5.10. The lowest BCUT2D eigenvalue weighted by Gasteiger charge is -2.09. The van der Waals surface area contributed by atoms with Crippen molar-refractivity contribution < 1.29 is 9.53 Å². The molecule has 2 nitrogen and oxygen atoms in total. The number of ether oxygens (including phenoxy) is 1. The second kappa shape index (κ2) is 5.31. The molecule has 0 bridgehead atoms. The predicted molar refractivity (Wildman–Crippen MR) is 64.9 cm³/mol. The molecule has 0 aliphatic carbocycles. The highest BCUT2D eigenvalue weighted by atomic mass is 16.5. The molecule has 0 heterocycles. The number of rotatable bonds is 4.